The van der Waals surface area contributed by atoms with Gasteiger partial charge in [-0.3, -0.25) is 11.5 Å². The Morgan fingerprint density at radius 2 is 1.56 bits per heavy atom. The minimum Gasteiger partial charge on any atom is -0.392 e. The molecular weight excluding hydrogens is 222 g/mol. The summed E-state index contributed by atoms with van der Waals surface area (Å²) in [6, 6.07) is 0. The number of rotatable bonds is 8. The van der Waals surface area contributed by atoms with E-state index in [1.165, 1.54) is 17.3 Å². The molecule has 0 aromatic heterocycles. The van der Waals surface area contributed by atoms with Gasteiger partial charge in [0, 0.05) is 13.2 Å². The molecule has 0 aliphatic carbocycles. The highest BCUT2D eigenvalue weighted by Crippen LogP contribution is 2.21. The van der Waals surface area contributed by atoms with Gasteiger partial charge in [-0.15, -0.1) is 0 Å². The number of nitrogens with zero attached hydrogens (tertiary/aromatic N) is 1. The zero-order valence-electron chi connectivity index (χ0n) is 10.4. The van der Waals surface area contributed by atoms with E-state index < -0.39 is 14.0 Å². The van der Waals surface area contributed by atoms with E-state index >= 15 is 0 Å². The lowest BCUT2D eigenvalue weighted by atomic mass is 10.6. The summed E-state index contributed by atoms with van der Waals surface area (Å²) in [7, 11) is -2.74. The van der Waals surface area contributed by atoms with Gasteiger partial charge in [0.25, 0.3) is 0 Å². The molecule has 6 heteroatoms. The number of nitrogens with two attached hydrogens (primary N) is 2. The molecule has 0 amide bonds. The molecule has 0 aromatic carbocycles. The second kappa shape index (κ2) is 6.17. The minimum atomic E-state index is -2.74. The summed E-state index contributed by atoms with van der Waals surface area (Å²) >= 11 is 0. The molecule has 0 aliphatic rings. The van der Waals surface area contributed by atoms with E-state index in [1.807, 2.05) is 20.4 Å². The van der Waals surface area contributed by atoms with Crippen molar-refractivity contribution < 1.29 is 8.85 Å². The van der Waals surface area contributed by atoms with Gasteiger partial charge in [0.1, 0.15) is 0 Å². The molecule has 0 atom stereocenters. The van der Waals surface area contributed by atoms with Gasteiger partial charge in [0.2, 0.25) is 0 Å². The standard InChI is InChI=1S/C10H23N3O2Si/c1-6-13(7-2)10(11,12)16(5,14-8-3)15-9-4/h6-7H,1-2,8-9,11-12H2,3-5H3. The Kier molecular flexibility index (Phi) is 5.91. The Morgan fingerprint density at radius 1 is 1.19 bits per heavy atom. The Bertz CT molecular complexity index is 232. The third-order valence-electron chi connectivity index (χ3n) is 2.39. The van der Waals surface area contributed by atoms with Crippen molar-refractivity contribution in [1.29, 1.82) is 0 Å². The van der Waals surface area contributed by atoms with Crippen molar-refractivity contribution in [2.24, 2.45) is 11.5 Å². The van der Waals surface area contributed by atoms with E-state index in [-0.39, 0.29) is 0 Å². The molecule has 0 saturated heterocycles. The first kappa shape index (κ1) is 15.3. The average Bonchev–Trinajstić information content (AvgIpc) is 2.19. The van der Waals surface area contributed by atoms with Crippen LogP contribution >= 0.6 is 0 Å². The molecule has 5 nitrogen and oxygen atoms in total. The molecule has 0 heterocycles. The molecule has 0 aliphatic heterocycles. The molecular formula is C10H23N3O2Si. The van der Waals surface area contributed by atoms with E-state index in [0.29, 0.717) is 13.2 Å². The molecule has 94 valence electrons. The van der Waals surface area contributed by atoms with Crippen molar-refractivity contribution in [1.82, 2.24) is 4.90 Å². The van der Waals surface area contributed by atoms with Gasteiger partial charge in [-0.05, 0) is 32.8 Å². The second-order valence-electron chi connectivity index (χ2n) is 3.41. The quantitative estimate of drug-likeness (QED) is 0.489. The normalized spacial score (nSPS) is 12.3. The molecule has 16 heavy (non-hydrogen) atoms. The second-order valence-corrected chi connectivity index (χ2v) is 6.68. The molecule has 0 unspecified atom stereocenters. The van der Waals surface area contributed by atoms with Crippen molar-refractivity contribution in [2.45, 2.75) is 25.8 Å². The Hall–Kier alpha value is -0.663. The van der Waals surface area contributed by atoms with Crippen LogP contribution in [0.25, 0.3) is 0 Å². The Morgan fingerprint density at radius 3 is 1.81 bits per heavy atom. The van der Waals surface area contributed by atoms with Gasteiger partial charge in [-0.1, -0.05) is 13.2 Å². The first-order valence-electron chi connectivity index (χ1n) is 5.28. The summed E-state index contributed by atoms with van der Waals surface area (Å²) in [5.41, 5.74) is 11.0. The van der Waals surface area contributed by atoms with E-state index in [2.05, 4.69) is 13.2 Å². The van der Waals surface area contributed by atoms with Crippen molar-refractivity contribution in [2.75, 3.05) is 13.2 Å². The first-order chi connectivity index (χ1) is 7.39. The molecule has 0 aromatic rings. The van der Waals surface area contributed by atoms with Crippen LogP contribution in [0.15, 0.2) is 25.6 Å². The van der Waals surface area contributed by atoms with Crippen molar-refractivity contribution in [3.05, 3.63) is 25.6 Å². The summed E-state index contributed by atoms with van der Waals surface area (Å²) in [6.45, 7) is 13.9. The highest BCUT2D eigenvalue weighted by molar-refractivity contribution is 6.69. The molecule has 0 rings (SSSR count). The topological polar surface area (TPSA) is 73.7 Å². The maximum absolute atomic E-state index is 6.11. The van der Waals surface area contributed by atoms with Crippen LogP contribution in [0.2, 0.25) is 6.55 Å². The van der Waals surface area contributed by atoms with Crippen LogP contribution in [0.4, 0.5) is 0 Å². The zero-order chi connectivity index (χ0) is 12.8. The molecule has 0 saturated carbocycles. The van der Waals surface area contributed by atoms with Crippen molar-refractivity contribution >= 4 is 8.56 Å². The van der Waals surface area contributed by atoms with Crippen molar-refractivity contribution in [3.8, 4) is 0 Å². The van der Waals surface area contributed by atoms with E-state index in [1.54, 1.807) is 0 Å². The number of hydrogen-bond donors (Lipinski definition) is 2. The monoisotopic (exact) mass is 245 g/mol. The third-order valence-corrected chi connectivity index (χ3v) is 5.78. The van der Waals surface area contributed by atoms with Crippen LogP contribution in [-0.4, -0.2) is 32.1 Å². The highest BCUT2D eigenvalue weighted by atomic mass is 28.4. The summed E-state index contributed by atoms with van der Waals surface area (Å²) in [5.74, 6) is 0. The lowest BCUT2D eigenvalue weighted by Crippen LogP contribution is -2.77. The average molecular weight is 245 g/mol. The van der Waals surface area contributed by atoms with E-state index in [9.17, 15) is 0 Å². The lowest BCUT2D eigenvalue weighted by molar-refractivity contribution is 0.124. The summed E-state index contributed by atoms with van der Waals surface area (Å²) in [6.07, 6.45) is 3.02. The first-order valence-corrected chi connectivity index (χ1v) is 7.60. The largest absolute Gasteiger partial charge is 0.392 e. The fourth-order valence-electron chi connectivity index (χ4n) is 1.43. The van der Waals surface area contributed by atoms with Gasteiger partial charge < -0.3 is 13.8 Å². The van der Waals surface area contributed by atoms with E-state index in [4.69, 9.17) is 20.3 Å². The van der Waals surface area contributed by atoms with Gasteiger partial charge in [-0.2, -0.15) is 0 Å². The maximum Gasteiger partial charge on any atom is 0.392 e. The summed E-state index contributed by atoms with van der Waals surface area (Å²) < 4.78 is 11.3. The van der Waals surface area contributed by atoms with Crippen LogP contribution in [0.3, 0.4) is 0 Å². The predicted molar refractivity (Wildman–Crippen MR) is 68.2 cm³/mol. The van der Waals surface area contributed by atoms with Crippen LogP contribution in [0.5, 0.6) is 0 Å². The number of hydrogen-bond acceptors (Lipinski definition) is 5. The van der Waals surface area contributed by atoms with Gasteiger partial charge in [0.05, 0.1) is 0 Å². The Labute approximate surface area is 98.9 Å². The lowest BCUT2D eigenvalue weighted by Gasteiger charge is -2.44. The van der Waals surface area contributed by atoms with Gasteiger partial charge >= 0.3 is 8.56 Å². The van der Waals surface area contributed by atoms with Crippen molar-refractivity contribution in [3.63, 3.8) is 0 Å². The smallest absolute Gasteiger partial charge is 0.392 e. The third kappa shape index (κ3) is 2.93. The Balaban J connectivity index is 5.14. The maximum atomic E-state index is 6.11. The summed E-state index contributed by atoms with van der Waals surface area (Å²) in [5, 5.41) is 0. The van der Waals surface area contributed by atoms with Crippen LogP contribution in [-0.2, 0) is 8.85 Å². The molecule has 0 bridgehead atoms. The molecule has 4 N–H and O–H groups in total. The molecule has 0 fully saturated rings. The minimum absolute atomic E-state index is 0.501. The summed E-state index contributed by atoms with van der Waals surface area (Å²) in [4.78, 5) is 1.52. The van der Waals surface area contributed by atoms with Crippen LogP contribution in [0.1, 0.15) is 13.8 Å². The molecule has 0 spiro atoms. The SMILES string of the molecule is C=CN(C=C)C(N)(N)[Si](C)(OCC)OCC. The fraction of sp³-hybridized carbons (Fsp3) is 0.600. The highest BCUT2D eigenvalue weighted by Gasteiger charge is 2.52. The van der Waals surface area contributed by atoms with Gasteiger partial charge in [-0.25, -0.2) is 0 Å². The van der Waals surface area contributed by atoms with Gasteiger partial charge in [0.15, 0.2) is 5.41 Å². The van der Waals surface area contributed by atoms with Crippen LogP contribution in [0, 0.1) is 0 Å². The predicted octanol–water partition coefficient (Wildman–Crippen LogP) is 0.831. The molecule has 0 radical (unpaired) electrons. The van der Waals surface area contributed by atoms with Crippen LogP contribution < -0.4 is 11.5 Å². The zero-order valence-corrected chi connectivity index (χ0v) is 11.4. The van der Waals surface area contributed by atoms with E-state index in [0.717, 1.165) is 0 Å². The fourth-order valence-corrected chi connectivity index (χ4v) is 3.73.